The van der Waals surface area contributed by atoms with Gasteiger partial charge in [-0.05, 0) is 69.4 Å². The van der Waals surface area contributed by atoms with Crippen LogP contribution in [0.25, 0.3) is 0 Å². The summed E-state index contributed by atoms with van der Waals surface area (Å²) in [6, 6.07) is -6.88. The summed E-state index contributed by atoms with van der Waals surface area (Å²) in [4.78, 5) is 166. The van der Waals surface area contributed by atoms with Gasteiger partial charge in [0.05, 0.1) is 19.3 Å². The molecular weight excluding hydrogens is 1150 g/mol. The second-order valence-electron chi connectivity index (χ2n) is 22.8. The third-order valence-electron chi connectivity index (χ3n) is 16.2. The van der Waals surface area contributed by atoms with Crippen LogP contribution < -0.4 is 74.9 Å². The monoisotopic (exact) mass is 1240 g/mol. The Morgan fingerprint density at radius 2 is 1.11 bits per heavy atom. The fourth-order valence-corrected chi connectivity index (χ4v) is 9.52. The van der Waals surface area contributed by atoms with Gasteiger partial charge in [-0.1, -0.05) is 111 Å². The van der Waals surface area contributed by atoms with E-state index in [0.29, 0.717) is 19.3 Å². The van der Waals surface area contributed by atoms with Crippen molar-refractivity contribution < 1.29 is 72.5 Å². The Labute approximate surface area is 513 Å². The lowest BCUT2D eigenvalue weighted by Gasteiger charge is -2.31. The van der Waals surface area contributed by atoms with Crippen LogP contribution >= 0.6 is 0 Å². The van der Waals surface area contributed by atoms with Crippen molar-refractivity contribution in [2.45, 2.75) is 199 Å². The van der Waals surface area contributed by atoms with E-state index >= 15 is 0 Å². The van der Waals surface area contributed by atoms with Gasteiger partial charge in [-0.15, -0.1) is 0 Å². The average molecular weight is 1240 g/mol. The highest BCUT2D eigenvalue weighted by Crippen LogP contribution is 2.18. The molecule has 0 spiro atoms. The van der Waals surface area contributed by atoms with Gasteiger partial charge >= 0.3 is 5.97 Å². The van der Waals surface area contributed by atoms with E-state index in [4.69, 9.17) is 15.9 Å². The molecule has 0 aromatic heterocycles. The number of benzene rings is 1. The van der Waals surface area contributed by atoms with Gasteiger partial charge in [0.1, 0.15) is 66.5 Å². The van der Waals surface area contributed by atoms with Crippen LogP contribution in [-0.2, 0) is 68.7 Å². The first-order valence-electron chi connectivity index (χ1n) is 30.1. The van der Waals surface area contributed by atoms with Gasteiger partial charge in [0, 0.05) is 19.0 Å². The number of aliphatic hydroxyl groups excluding tert-OH is 2. The van der Waals surface area contributed by atoms with E-state index in [1.807, 2.05) is 30.3 Å². The number of carbonyl (C=O) groups is 12. The van der Waals surface area contributed by atoms with Crippen molar-refractivity contribution in [3.8, 4) is 0 Å². The number of likely N-dealkylation sites (N-methyl/N-ethyl adjacent to an activating group) is 1. The molecule has 1 aromatic rings. The lowest BCUT2D eigenvalue weighted by Crippen LogP contribution is -2.63. The fraction of sp³-hybridized carbons (Fsp3) is 0.672. The molecule has 2 fully saturated rings. The van der Waals surface area contributed by atoms with Crippen LogP contribution in [0.1, 0.15) is 120 Å². The summed E-state index contributed by atoms with van der Waals surface area (Å²) in [7, 11) is 1.60. The molecule has 2 heterocycles. The normalized spacial score (nSPS) is 22.7. The third-order valence-corrected chi connectivity index (χ3v) is 16.2. The number of amides is 11. The summed E-state index contributed by atoms with van der Waals surface area (Å²) in [6.45, 7) is 14.4. The van der Waals surface area contributed by atoms with Gasteiger partial charge in [-0.2, -0.15) is 0 Å². The molecule has 18 N–H and O–H groups in total. The minimum atomic E-state index is -1.83. The van der Waals surface area contributed by atoms with E-state index in [1.54, 1.807) is 62.4 Å². The second kappa shape index (κ2) is 36.4. The smallest absolute Gasteiger partial charge is 0.329 e. The molecule has 1 unspecified atom stereocenters. The first-order valence-corrected chi connectivity index (χ1v) is 30.1. The van der Waals surface area contributed by atoms with E-state index in [1.165, 1.54) is 13.8 Å². The lowest BCUT2D eigenvalue weighted by atomic mass is 9.94. The summed E-state index contributed by atoms with van der Waals surface area (Å²) in [5.41, 5.74) is 6.31. The van der Waals surface area contributed by atoms with E-state index in [2.05, 4.69) is 69.1 Å². The SMILES string of the molecule is CC[C@H](C)C1NC(=O)[C@H](C[C@H]2CNC(=N)N2)NC(=O)[C@H](C)NC(=O)[C@H](NC(=O)[C@H](CO)NC(=O)[C@@H](NC(=O)[C@H](NC(=O)[C@@H](CCC(N)=O)NC(=O)[C@H](CO)NC(=O)[C@@H](NC(=O)[C@@H](Cc2ccccc2)NC)[C@@H](C)CC)[C@@H](C)CC)[C@@H](C)CC)[C@H](C)OC1=O. The van der Waals surface area contributed by atoms with Crippen LogP contribution in [0.3, 0.4) is 0 Å². The Morgan fingerprint density at radius 3 is 1.59 bits per heavy atom. The molecule has 3 rings (SSSR count). The summed E-state index contributed by atoms with van der Waals surface area (Å²) in [6.07, 6.45) is -0.774. The molecule has 492 valence electrons. The number of esters is 1. The summed E-state index contributed by atoms with van der Waals surface area (Å²) >= 11 is 0. The first kappa shape index (κ1) is 74.3. The van der Waals surface area contributed by atoms with Gasteiger partial charge < -0.3 is 89.8 Å². The summed E-state index contributed by atoms with van der Waals surface area (Å²) < 4.78 is 5.72. The highest BCUT2D eigenvalue weighted by atomic mass is 16.5. The molecular formula is C58H95N15O15. The highest BCUT2D eigenvalue weighted by Gasteiger charge is 2.41. The van der Waals surface area contributed by atoms with Crippen molar-refractivity contribution in [2.24, 2.45) is 29.4 Å². The van der Waals surface area contributed by atoms with Crippen molar-refractivity contribution >= 4 is 76.9 Å². The number of carbonyl (C=O) groups excluding carboxylic acids is 12. The molecule has 2 aliphatic rings. The van der Waals surface area contributed by atoms with E-state index in [9.17, 15) is 67.7 Å². The molecule has 1 aromatic carbocycles. The predicted octanol–water partition coefficient (Wildman–Crippen LogP) is -4.05. The minimum Gasteiger partial charge on any atom is -0.458 e. The number of hydrogen-bond acceptors (Lipinski definition) is 17. The number of rotatable bonds is 32. The van der Waals surface area contributed by atoms with Crippen molar-refractivity contribution in [1.29, 1.82) is 5.41 Å². The number of hydrogen-bond donors (Lipinski definition) is 17. The molecule has 17 atom stereocenters. The second-order valence-corrected chi connectivity index (χ2v) is 22.8. The lowest BCUT2D eigenvalue weighted by molar-refractivity contribution is -0.157. The van der Waals surface area contributed by atoms with Crippen LogP contribution in [-0.4, -0.2) is 193 Å². The third kappa shape index (κ3) is 22.3. The van der Waals surface area contributed by atoms with Gasteiger partial charge in [0.2, 0.25) is 65.0 Å². The highest BCUT2D eigenvalue weighted by molar-refractivity contribution is 5.99. The molecule has 11 amide bonds. The predicted molar refractivity (Wildman–Crippen MR) is 321 cm³/mol. The largest absolute Gasteiger partial charge is 0.458 e. The zero-order chi connectivity index (χ0) is 66.1. The fourth-order valence-electron chi connectivity index (χ4n) is 9.52. The standard InChI is InChI=1S/C58H95N15O15/c1-12-28(5)42(70-49(79)37(61-11)23-34-19-17-16-18-20-34)53(83)67-39(26-74)51(81)65-36(21-22-41(59)76)48(78)69-44(30(7)14-3)55(85)71-43(29(6)13-2)54(84)68-40(27-75)52(82)73-46-33(10)88-57(87)45(31(8)15-4)72-50(80)38(24-35-25-62-58(60)64-35)66-47(77)32(9)63-56(46)86/h16-20,28-33,35-40,42-46,61,74-75H,12-15,21-27H2,1-11H3,(H2,59,76)(H,63,86)(H,65,81)(H,66,77)(H,67,83)(H,68,84)(H,69,78)(H,70,79)(H,71,85)(H,72,80)(H,73,82)(H3,60,62,64)/t28-,29-,30-,31-,32-,33-,35-,36+,37+,38-,39-,40-,42-,43-,44+,45?,46+/m0/s1. The molecule has 0 radical (unpaired) electrons. The van der Waals surface area contributed by atoms with Crippen LogP contribution in [0.2, 0.25) is 0 Å². The molecule has 30 nitrogen and oxygen atoms in total. The van der Waals surface area contributed by atoms with Gasteiger partial charge in [-0.25, -0.2) is 4.79 Å². The van der Waals surface area contributed by atoms with Crippen LogP contribution in [0.5, 0.6) is 0 Å². The Balaban J connectivity index is 1.85. The minimum absolute atomic E-state index is 0.0121. The van der Waals surface area contributed by atoms with Crippen molar-refractivity contribution in [1.82, 2.24) is 69.1 Å². The maximum Gasteiger partial charge on any atom is 0.329 e. The van der Waals surface area contributed by atoms with Gasteiger partial charge in [0.15, 0.2) is 5.96 Å². The van der Waals surface area contributed by atoms with Gasteiger partial charge in [-0.3, -0.25) is 58.1 Å². The van der Waals surface area contributed by atoms with Crippen molar-refractivity contribution in [3.63, 3.8) is 0 Å². The Morgan fingerprint density at radius 1 is 0.625 bits per heavy atom. The quantitative estimate of drug-likeness (QED) is 0.0305. The number of aliphatic hydroxyl groups is 2. The zero-order valence-electron chi connectivity index (χ0n) is 52.3. The number of nitrogens with two attached hydrogens (primary N) is 1. The summed E-state index contributed by atoms with van der Waals surface area (Å²) in [5.74, 6) is -13.2. The molecule has 2 aliphatic heterocycles. The van der Waals surface area contributed by atoms with Crippen LogP contribution in [0.4, 0.5) is 0 Å². The van der Waals surface area contributed by atoms with Crippen LogP contribution in [0.15, 0.2) is 30.3 Å². The molecule has 30 heteroatoms. The Hall–Kier alpha value is -7.99. The number of nitrogens with one attached hydrogen (secondary N) is 14. The van der Waals surface area contributed by atoms with Gasteiger partial charge in [0.25, 0.3) is 0 Å². The number of ether oxygens (including phenoxy) is 1. The molecule has 0 aliphatic carbocycles. The molecule has 0 saturated carbocycles. The van der Waals surface area contributed by atoms with E-state index < -0.39 is 199 Å². The summed E-state index contributed by atoms with van der Waals surface area (Å²) in [5, 5.41) is 62.8. The average Bonchev–Trinajstić information content (AvgIpc) is 4.08. The Kier molecular flexibility index (Phi) is 30.7. The van der Waals surface area contributed by atoms with Crippen LogP contribution in [0, 0.1) is 29.1 Å². The number of cyclic esters (lactones) is 1. The maximum absolute atomic E-state index is 14.4. The van der Waals surface area contributed by atoms with E-state index in [0.717, 1.165) is 5.56 Å². The van der Waals surface area contributed by atoms with Crippen molar-refractivity contribution in [3.05, 3.63) is 35.9 Å². The molecule has 88 heavy (non-hydrogen) atoms. The number of primary amides is 1. The Bertz CT molecular complexity index is 2600. The number of guanidine groups is 1. The first-order chi connectivity index (χ1) is 41.6. The van der Waals surface area contributed by atoms with Crippen molar-refractivity contribution in [2.75, 3.05) is 26.8 Å². The molecule has 0 bridgehead atoms. The molecule has 2 saturated heterocycles. The zero-order valence-corrected chi connectivity index (χ0v) is 52.3. The topological polar surface area (TPSA) is 461 Å². The van der Waals surface area contributed by atoms with E-state index in [-0.39, 0.29) is 31.8 Å². The maximum atomic E-state index is 14.4.